The van der Waals surface area contributed by atoms with Crippen LogP contribution in [0.5, 0.6) is 5.75 Å². The molecule has 0 radical (unpaired) electrons. The zero-order chi connectivity index (χ0) is 17.9. The molecule has 26 heavy (non-hydrogen) atoms. The van der Waals surface area contributed by atoms with Gasteiger partial charge in [0.2, 0.25) is 5.82 Å². The van der Waals surface area contributed by atoms with Crippen molar-refractivity contribution in [3.63, 3.8) is 0 Å². The van der Waals surface area contributed by atoms with Crippen molar-refractivity contribution in [1.29, 1.82) is 0 Å². The summed E-state index contributed by atoms with van der Waals surface area (Å²) in [5.74, 6) is 1.25. The van der Waals surface area contributed by atoms with Crippen LogP contribution in [-0.4, -0.2) is 41.4 Å². The Hall–Kier alpha value is -3.16. The van der Waals surface area contributed by atoms with E-state index in [2.05, 4.69) is 25.3 Å². The van der Waals surface area contributed by atoms with Crippen LogP contribution in [0.1, 0.15) is 6.42 Å². The van der Waals surface area contributed by atoms with Crippen molar-refractivity contribution in [2.45, 2.75) is 12.5 Å². The number of methoxy groups -OCH3 is 1. The van der Waals surface area contributed by atoms with Gasteiger partial charge in [0.25, 0.3) is 0 Å². The van der Waals surface area contributed by atoms with E-state index in [0.29, 0.717) is 23.2 Å². The van der Waals surface area contributed by atoms with E-state index < -0.39 is 5.82 Å². The second-order valence-electron chi connectivity index (χ2n) is 6.07. The summed E-state index contributed by atoms with van der Waals surface area (Å²) >= 11 is 0. The summed E-state index contributed by atoms with van der Waals surface area (Å²) in [7, 11) is 1.48. The van der Waals surface area contributed by atoms with E-state index in [0.717, 1.165) is 25.3 Å². The predicted molar refractivity (Wildman–Crippen MR) is 94.7 cm³/mol. The van der Waals surface area contributed by atoms with Crippen molar-refractivity contribution in [2.75, 3.05) is 30.4 Å². The first-order valence-electron chi connectivity index (χ1n) is 8.32. The van der Waals surface area contributed by atoms with Crippen LogP contribution >= 0.6 is 0 Å². The van der Waals surface area contributed by atoms with Crippen molar-refractivity contribution in [3.8, 4) is 17.1 Å². The lowest BCUT2D eigenvalue weighted by Gasteiger charge is -2.17. The van der Waals surface area contributed by atoms with Crippen molar-refractivity contribution in [1.82, 2.24) is 15.1 Å². The SMILES string of the molecule is COc1cc(F)cc(-c2noc(NC3CCN(c4ccccn4)C3)n2)c1. The Kier molecular flexibility index (Phi) is 4.39. The van der Waals surface area contributed by atoms with Crippen LogP contribution < -0.4 is 15.0 Å². The minimum Gasteiger partial charge on any atom is -0.497 e. The molecule has 3 heterocycles. The Labute approximate surface area is 149 Å². The van der Waals surface area contributed by atoms with Gasteiger partial charge >= 0.3 is 6.01 Å². The Balaban J connectivity index is 1.44. The summed E-state index contributed by atoms with van der Waals surface area (Å²) in [6, 6.07) is 10.7. The van der Waals surface area contributed by atoms with Gasteiger partial charge < -0.3 is 19.5 Å². The first-order valence-corrected chi connectivity index (χ1v) is 8.32. The minimum atomic E-state index is -0.416. The van der Waals surface area contributed by atoms with Crippen LogP contribution in [0.3, 0.4) is 0 Å². The number of hydrogen-bond donors (Lipinski definition) is 1. The lowest BCUT2D eigenvalue weighted by atomic mass is 10.2. The molecule has 1 atom stereocenters. The summed E-state index contributed by atoms with van der Waals surface area (Å²) in [6.45, 7) is 1.69. The Bertz CT molecular complexity index is 886. The molecule has 1 unspecified atom stereocenters. The molecule has 2 aromatic heterocycles. The third-order valence-electron chi connectivity index (χ3n) is 4.28. The van der Waals surface area contributed by atoms with Gasteiger partial charge in [-0.15, -0.1) is 0 Å². The molecular weight excluding hydrogens is 337 g/mol. The Morgan fingerprint density at radius 1 is 1.31 bits per heavy atom. The van der Waals surface area contributed by atoms with E-state index in [1.165, 1.54) is 19.2 Å². The van der Waals surface area contributed by atoms with Crippen LogP contribution in [0.15, 0.2) is 47.1 Å². The fraction of sp³-hybridized carbons (Fsp3) is 0.278. The van der Waals surface area contributed by atoms with Crippen LogP contribution in [-0.2, 0) is 0 Å². The summed E-state index contributed by atoms with van der Waals surface area (Å²) in [6.07, 6.45) is 2.72. The highest BCUT2D eigenvalue weighted by molar-refractivity contribution is 5.58. The van der Waals surface area contributed by atoms with Crippen LogP contribution in [0.4, 0.5) is 16.2 Å². The first-order chi connectivity index (χ1) is 12.7. The molecule has 0 aliphatic carbocycles. The molecule has 1 fully saturated rings. The average Bonchev–Trinajstić information content (AvgIpc) is 3.32. The molecule has 8 heteroatoms. The molecule has 1 aliphatic heterocycles. The second kappa shape index (κ2) is 6.99. The molecular formula is C18H18FN5O2. The number of anilines is 2. The molecule has 0 amide bonds. The lowest BCUT2D eigenvalue weighted by molar-refractivity contribution is 0.411. The summed E-state index contributed by atoms with van der Waals surface area (Å²) in [5, 5.41) is 7.16. The summed E-state index contributed by atoms with van der Waals surface area (Å²) in [5.41, 5.74) is 0.500. The van der Waals surface area contributed by atoms with Crippen LogP contribution in [0.25, 0.3) is 11.4 Å². The third kappa shape index (κ3) is 3.44. The van der Waals surface area contributed by atoms with Crippen molar-refractivity contribution in [3.05, 3.63) is 48.4 Å². The molecule has 7 nitrogen and oxygen atoms in total. The van der Waals surface area contributed by atoms with E-state index in [-0.39, 0.29) is 6.04 Å². The first kappa shape index (κ1) is 16.3. The molecule has 3 aromatic rings. The summed E-state index contributed by atoms with van der Waals surface area (Å²) < 4.78 is 24.0. The van der Waals surface area contributed by atoms with Gasteiger partial charge in [-0.3, -0.25) is 0 Å². The van der Waals surface area contributed by atoms with Crippen LogP contribution in [0, 0.1) is 5.82 Å². The van der Waals surface area contributed by atoms with E-state index in [4.69, 9.17) is 9.26 Å². The van der Waals surface area contributed by atoms with Gasteiger partial charge in [-0.05, 0) is 30.7 Å². The minimum absolute atomic E-state index is 0.173. The van der Waals surface area contributed by atoms with Crippen molar-refractivity contribution in [2.24, 2.45) is 0 Å². The maximum atomic E-state index is 13.6. The third-order valence-corrected chi connectivity index (χ3v) is 4.28. The molecule has 1 N–H and O–H groups in total. The van der Waals surface area contributed by atoms with Gasteiger partial charge in [-0.2, -0.15) is 4.98 Å². The zero-order valence-electron chi connectivity index (χ0n) is 14.2. The maximum Gasteiger partial charge on any atom is 0.322 e. The number of hydrogen-bond acceptors (Lipinski definition) is 7. The number of halogens is 1. The van der Waals surface area contributed by atoms with E-state index in [1.54, 1.807) is 12.3 Å². The van der Waals surface area contributed by atoms with Gasteiger partial charge in [0.1, 0.15) is 17.4 Å². The smallest absolute Gasteiger partial charge is 0.322 e. The number of nitrogens with one attached hydrogen (secondary N) is 1. The number of benzene rings is 1. The quantitative estimate of drug-likeness (QED) is 0.754. The molecule has 1 aromatic carbocycles. The fourth-order valence-electron chi connectivity index (χ4n) is 3.01. The van der Waals surface area contributed by atoms with Gasteiger partial charge in [0.15, 0.2) is 0 Å². The Morgan fingerprint density at radius 2 is 2.23 bits per heavy atom. The Morgan fingerprint density at radius 3 is 3.04 bits per heavy atom. The number of nitrogens with zero attached hydrogens (tertiary/aromatic N) is 4. The summed E-state index contributed by atoms with van der Waals surface area (Å²) in [4.78, 5) is 10.9. The van der Waals surface area contributed by atoms with Gasteiger partial charge in [0, 0.05) is 37.0 Å². The van der Waals surface area contributed by atoms with E-state index in [9.17, 15) is 4.39 Å². The molecule has 4 rings (SSSR count). The highest BCUT2D eigenvalue weighted by Gasteiger charge is 2.25. The standard InChI is InChI=1S/C18H18FN5O2/c1-25-15-9-12(8-13(19)10-15)17-22-18(26-23-17)21-14-5-7-24(11-14)16-4-2-3-6-20-16/h2-4,6,8-10,14H,5,7,11H2,1H3,(H,21,22,23). The molecule has 0 spiro atoms. The topological polar surface area (TPSA) is 76.3 Å². The van der Waals surface area contributed by atoms with Crippen molar-refractivity contribution >= 4 is 11.8 Å². The van der Waals surface area contributed by atoms with Gasteiger partial charge in [-0.1, -0.05) is 11.2 Å². The monoisotopic (exact) mass is 355 g/mol. The maximum absolute atomic E-state index is 13.6. The van der Waals surface area contributed by atoms with Gasteiger partial charge in [0.05, 0.1) is 7.11 Å². The van der Waals surface area contributed by atoms with Gasteiger partial charge in [-0.25, -0.2) is 9.37 Å². The molecule has 0 bridgehead atoms. The van der Waals surface area contributed by atoms with E-state index in [1.807, 2.05) is 18.2 Å². The highest BCUT2D eigenvalue weighted by atomic mass is 19.1. The molecule has 0 saturated carbocycles. The fourth-order valence-corrected chi connectivity index (χ4v) is 3.01. The number of rotatable bonds is 5. The lowest BCUT2D eigenvalue weighted by Crippen LogP contribution is -2.26. The number of ether oxygens (including phenoxy) is 1. The number of pyridine rings is 1. The average molecular weight is 355 g/mol. The second-order valence-corrected chi connectivity index (χ2v) is 6.07. The van der Waals surface area contributed by atoms with Crippen molar-refractivity contribution < 1.29 is 13.7 Å². The zero-order valence-corrected chi connectivity index (χ0v) is 14.2. The van der Waals surface area contributed by atoms with E-state index >= 15 is 0 Å². The normalized spacial score (nSPS) is 16.7. The van der Waals surface area contributed by atoms with Crippen LogP contribution in [0.2, 0.25) is 0 Å². The number of aromatic nitrogens is 3. The predicted octanol–water partition coefficient (Wildman–Crippen LogP) is 2.97. The largest absolute Gasteiger partial charge is 0.497 e. The molecule has 1 aliphatic rings. The molecule has 1 saturated heterocycles. The molecule has 134 valence electrons. The highest BCUT2D eigenvalue weighted by Crippen LogP contribution is 2.25.